The van der Waals surface area contributed by atoms with Crippen molar-refractivity contribution in [2.75, 3.05) is 30.4 Å². The second-order valence-corrected chi connectivity index (χ2v) is 5.92. The third-order valence-corrected chi connectivity index (χ3v) is 4.06. The van der Waals surface area contributed by atoms with Crippen LogP contribution in [-0.2, 0) is 4.79 Å². The Morgan fingerprint density at radius 2 is 1.78 bits per heavy atom. The summed E-state index contributed by atoms with van der Waals surface area (Å²) < 4.78 is 0. The lowest BCUT2D eigenvalue weighted by Crippen LogP contribution is -2.36. The van der Waals surface area contributed by atoms with Crippen molar-refractivity contribution in [1.82, 2.24) is 4.90 Å². The van der Waals surface area contributed by atoms with Gasteiger partial charge in [-0.3, -0.25) is 9.59 Å². The van der Waals surface area contributed by atoms with E-state index < -0.39 is 6.04 Å². The van der Waals surface area contributed by atoms with Crippen LogP contribution in [0.4, 0.5) is 5.69 Å². The number of benzene rings is 1. The summed E-state index contributed by atoms with van der Waals surface area (Å²) in [5.74, 6) is 0.655. The summed E-state index contributed by atoms with van der Waals surface area (Å²) in [6, 6.07) is 6.41. The maximum absolute atomic E-state index is 12.2. The van der Waals surface area contributed by atoms with Crippen molar-refractivity contribution in [1.29, 1.82) is 0 Å². The van der Waals surface area contributed by atoms with E-state index in [1.54, 1.807) is 40.9 Å². The monoisotopic (exact) mass is 359 g/mol. The number of amides is 2. The number of carbonyl (C=O) groups excluding carboxylic acids is 2. The van der Waals surface area contributed by atoms with Crippen LogP contribution in [0.3, 0.4) is 0 Å². The molecule has 0 aliphatic carbocycles. The molecular weight excluding hydrogens is 334 g/mol. The molecule has 0 fully saturated rings. The predicted molar refractivity (Wildman–Crippen MR) is 101 cm³/mol. The first kappa shape index (κ1) is 21.8. The van der Waals surface area contributed by atoms with E-state index in [2.05, 4.69) is 5.32 Å². The number of nitrogens with zero attached hydrogens (tertiary/aromatic N) is 1. The number of anilines is 1. The number of nitrogens with one attached hydrogen (secondary N) is 1. The number of hydrogen-bond donors (Lipinski definition) is 2. The van der Waals surface area contributed by atoms with E-state index in [-0.39, 0.29) is 24.2 Å². The molecule has 7 heteroatoms. The Balaban J connectivity index is 0.00000484. The number of hydrogen-bond acceptors (Lipinski definition) is 4. The van der Waals surface area contributed by atoms with Crippen LogP contribution in [0.15, 0.2) is 24.3 Å². The molecule has 1 rings (SSSR count). The van der Waals surface area contributed by atoms with Crippen molar-refractivity contribution in [2.24, 2.45) is 5.73 Å². The summed E-state index contributed by atoms with van der Waals surface area (Å²) in [5.41, 5.74) is 7.09. The van der Waals surface area contributed by atoms with Gasteiger partial charge in [0.15, 0.2) is 0 Å². The summed E-state index contributed by atoms with van der Waals surface area (Å²) in [6.45, 7) is 5.26. The number of nitrogens with two attached hydrogens (primary N) is 1. The molecular formula is C16H26ClN3O2S. The van der Waals surface area contributed by atoms with Crippen molar-refractivity contribution in [3.63, 3.8) is 0 Å². The van der Waals surface area contributed by atoms with Gasteiger partial charge in [0.1, 0.15) is 0 Å². The van der Waals surface area contributed by atoms with Gasteiger partial charge >= 0.3 is 0 Å². The minimum absolute atomic E-state index is 0. The molecule has 0 aliphatic heterocycles. The molecule has 130 valence electrons. The smallest absolute Gasteiger partial charge is 0.253 e. The Hall–Kier alpha value is -1.24. The molecule has 0 radical (unpaired) electrons. The average Bonchev–Trinajstić information content (AvgIpc) is 2.54. The predicted octanol–water partition coefficient (Wildman–Crippen LogP) is 2.61. The molecule has 0 saturated carbocycles. The average molecular weight is 360 g/mol. The van der Waals surface area contributed by atoms with Crippen LogP contribution in [0.25, 0.3) is 0 Å². The van der Waals surface area contributed by atoms with Gasteiger partial charge < -0.3 is 16.0 Å². The molecule has 0 aromatic heterocycles. The highest BCUT2D eigenvalue weighted by Gasteiger charge is 2.14. The Morgan fingerprint density at radius 3 is 2.26 bits per heavy atom. The van der Waals surface area contributed by atoms with Crippen molar-refractivity contribution in [3.8, 4) is 0 Å². The summed E-state index contributed by atoms with van der Waals surface area (Å²) >= 11 is 1.66. The number of rotatable bonds is 8. The van der Waals surface area contributed by atoms with Crippen LogP contribution >= 0.6 is 24.2 Å². The number of thioether (sulfide) groups is 1. The van der Waals surface area contributed by atoms with Gasteiger partial charge in [0.2, 0.25) is 5.91 Å². The van der Waals surface area contributed by atoms with Crippen LogP contribution < -0.4 is 11.1 Å². The highest BCUT2D eigenvalue weighted by Crippen LogP contribution is 2.12. The van der Waals surface area contributed by atoms with Crippen LogP contribution in [0.2, 0.25) is 0 Å². The van der Waals surface area contributed by atoms with E-state index >= 15 is 0 Å². The van der Waals surface area contributed by atoms with Gasteiger partial charge in [-0.05, 0) is 56.5 Å². The van der Waals surface area contributed by atoms with E-state index in [9.17, 15) is 9.59 Å². The molecule has 0 aliphatic rings. The van der Waals surface area contributed by atoms with Gasteiger partial charge in [0.25, 0.3) is 5.91 Å². The lowest BCUT2D eigenvalue weighted by molar-refractivity contribution is -0.117. The van der Waals surface area contributed by atoms with Crippen LogP contribution in [0.1, 0.15) is 30.6 Å². The van der Waals surface area contributed by atoms with Gasteiger partial charge in [0.05, 0.1) is 6.04 Å². The second-order valence-electron chi connectivity index (χ2n) is 4.93. The Morgan fingerprint density at radius 1 is 1.22 bits per heavy atom. The lowest BCUT2D eigenvalue weighted by atomic mass is 10.1. The molecule has 1 aromatic rings. The molecule has 1 atom stereocenters. The summed E-state index contributed by atoms with van der Waals surface area (Å²) in [4.78, 5) is 25.9. The molecule has 0 bridgehead atoms. The fourth-order valence-electron chi connectivity index (χ4n) is 2.00. The molecule has 0 unspecified atom stereocenters. The SMILES string of the molecule is CCN(CC)C(=O)c1ccc(NC(=O)[C@@H](N)CCSC)cc1.Cl. The molecule has 1 aromatic carbocycles. The largest absolute Gasteiger partial charge is 0.339 e. The normalized spacial score (nSPS) is 11.3. The first-order valence-corrected chi connectivity index (χ1v) is 8.87. The van der Waals surface area contributed by atoms with E-state index in [4.69, 9.17) is 5.73 Å². The number of halogens is 1. The van der Waals surface area contributed by atoms with Crippen LogP contribution in [0, 0.1) is 0 Å². The van der Waals surface area contributed by atoms with Crippen LogP contribution in [-0.4, -0.2) is 47.9 Å². The fraction of sp³-hybridized carbons (Fsp3) is 0.500. The Kier molecular flexibility index (Phi) is 10.7. The molecule has 2 amide bonds. The first-order chi connectivity index (χ1) is 10.5. The fourth-order valence-corrected chi connectivity index (χ4v) is 2.49. The van der Waals surface area contributed by atoms with E-state index in [0.29, 0.717) is 30.8 Å². The molecule has 0 saturated heterocycles. The van der Waals surface area contributed by atoms with Crippen LogP contribution in [0.5, 0.6) is 0 Å². The lowest BCUT2D eigenvalue weighted by Gasteiger charge is -2.18. The van der Waals surface area contributed by atoms with Gasteiger partial charge in [-0.1, -0.05) is 0 Å². The van der Waals surface area contributed by atoms with E-state index in [1.807, 2.05) is 20.1 Å². The van der Waals surface area contributed by atoms with Gasteiger partial charge in [-0.25, -0.2) is 0 Å². The highest BCUT2D eigenvalue weighted by molar-refractivity contribution is 7.98. The maximum atomic E-state index is 12.2. The summed E-state index contributed by atoms with van der Waals surface area (Å²) in [6.07, 6.45) is 2.63. The Labute approximate surface area is 148 Å². The van der Waals surface area contributed by atoms with Crippen molar-refractivity contribution < 1.29 is 9.59 Å². The minimum atomic E-state index is -0.510. The number of carbonyl (C=O) groups is 2. The van der Waals surface area contributed by atoms with E-state index in [0.717, 1.165) is 5.75 Å². The zero-order chi connectivity index (χ0) is 16.5. The van der Waals surface area contributed by atoms with Crippen molar-refractivity contribution in [3.05, 3.63) is 29.8 Å². The third kappa shape index (κ3) is 6.81. The Bertz CT molecular complexity index is 493. The molecule has 3 N–H and O–H groups in total. The summed E-state index contributed by atoms with van der Waals surface area (Å²) in [7, 11) is 0. The van der Waals surface area contributed by atoms with Crippen molar-refractivity contribution >= 4 is 41.7 Å². The van der Waals surface area contributed by atoms with Crippen molar-refractivity contribution in [2.45, 2.75) is 26.3 Å². The van der Waals surface area contributed by atoms with Gasteiger partial charge in [-0.15, -0.1) is 12.4 Å². The highest BCUT2D eigenvalue weighted by atomic mass is 35.5. The zero-order valence-corrected chi connectivity index (χ0v) is 15.5. The minimum Gasteiger partial charge on any atom is -0.339 e. The zero-order valence-electron chi connectivity index (χ0n) is 13.9. The molecule has 5 nitrogen and oxygen atoms in total. The third-order valence-electron chi connectivity index (χ3n) is 3.42. The first-order valence-electron chi connectivity index (χ1n) is 7.48. The second kappa shape index (κ2) is 11.3. The molecule has 0 heterocycles. The van der Waals surface area contributed by atoms with Gasteiger partial charge in [-0.2, -0.15) is 11.8 Å². The van der Waals surface area contributed by atoms with E-state index in [1.165, 1.54) is 0 Å². The summed E-state index contributed by atoms with van der Waals surface area (Å²) in [5, 5.41) is 2.78. The molecule has 0 spiro atoms. The maximum Gasteiger partial charge on any atom is 0.253 e. The standard InChI is InChI=1S/C16H25N3O2S.ClH/c1-4-19(5-2)16(21)12-6-8-13(9-7-12)18-15(20)14(17)10-11-22-3;/h6-9,14H,4-5,10-11,17H2,1-3H3,(H,18,20);1H/t14-;/m0./s1. The topological polar surface area (TPSA) is 75.4 Å². The molecule has 23 heavy (non-hydrogen) atoms. The quantitative estimate of drug-likeness (QED) is 0.748. The van der Waals surface area contributed by atoms with Gasteiger partial charge in [0, 0.05) is 24.3 Å².